The first-order valence-corrected chi connectivity index (χ1v) is 9.75. The van der Waals surface area contributed by atoms with E-state index >= 15 is 0 Å². The topological polar surface area (TPSA) is 89.9 Å². The molecule has 8 nitrogen and oxygen atoms in total. The third-order valence-corrected chi connectivity index (χ3v) is 4.91. The zero-order valence-electron chi connectivity index (χ0n) is 16.2. The molecular weight excluding hydrogens is 356 g/mol. The number of rotatable bonds is 4. The molecular formula is C20H24N6O2. The molecule has 0 aromatic carbocycles. The van der Waals surface area contributed by atoms with Crippen molar-refractivity contribution in [2.24, 2.45) is 0 Å². The van der Waals surface area contributed by atoms with E-state index < -0.39 is 0 Å². The monoisotopic (exact) mass is 380 g/mol. The van der Waals surface area contributed by atoms with Gasteiger partial charge in [0, 0.05) is 31.4 Å². The number of nitrogens with zero attached hydrogens (tertiary/aromatic N) is 6. The molecule has 0 N–H and O–H groups in total. The van der Waals surface area contributed by atoms with Gasteiger partial charge in [-0.25, -0.2) is 9.97 Å². The average molecular weight is 380 g/mol. The van der Waals surface area contributed by atoms with Crippen LogP contribution < -0.4 is 0 Å². The molecule has 1 amide bonds. The van der Waals surface area contributed by atoms with Crippen molar-refractivity contribution in [3.8, 4) is 17.3 Å². The van der Waals surface area contributed by atoms with Gasteiger partial charge >= 0.3 is 0 Å². The summed E-state index contributed by atoms with van der Waals surface area (Å²) in [6, 6.07) is 3.71. The van der Waals surface area contributed by atoms with Gasteiger partial charge in [0.15, 0.2) is 5.82 Å². The van der Waals surface area contributed by atoms with E-state index in [9.17, 15) is 4.79 Å². The third-order valence-electron chi connectivity index (χ3n) is 4.91. The van der Waals surface area contributed by atoms with Gasteiger partial charge in [0.05, 0.1) is 5.56 Å². The minimum absolute atomic E-state index is 0.00987. The van der Waals surface area contributed by atoms with Crippen LogP contribution >= 0.6 is 0 Å². The summed E-state index contributed by atoms with van der Waals surface area (Å²) in [5.74, 6) is 1.99. The van der Waals surface area contributed by atoms with Crippen LogP contribution in [0.1, 0.15) is 61.8 Å². The SMILES string of the molecule is CC(C)c1noc(-c2ccc(-n3cnc(C(=O)N4CCCCCC4)c3)nc2)n1. The van der Waals surface area contributed by atoms with Crippen molar-refractivity contribution in [3.63, 3.8) is 0 Å². The fraction of sp³-hybridized carbons (Fsp3) is 0.450. The Bertz CT molecular complexity index is 936. The van der Waals surface area contributed by atoms with Crippen molar-refractivity contribution in [1.29, 1.82) is 0 Å². The molecule has 4 heterocycles. The Balaban J connectivity index is 1.49. The summed E-state index contributed by atoms with van der Waals surface area (Å²) in [6.07, 6.45) is 9.53. The second-order valence-electron chi connectivity index (χ2n) is 7.39. The molecule has 1 aliphatic rings. The maximum Gasteiger partial charge on any atom is 0.274 e. The van der Waals surface area contributed by atoms with E-state index in [-0.39, 0.29) is 11.8 Å². The summed E-state index contributed by atoms with van der Waals surface area (Å²) in [6.45, 7) is 5.64. The highest BCUT2D eigenvalue weighted by Crippen LogP contribution is 2.20. The molecule has 146 valence electrons. The van der Waals surface area contributed by atoms with Crippen LogP contribution in [0.25, 0.3) is 17.3 Å². The van der Waals surface area contributed by atoms with Crippen LogP contribution in [0.2, 0.25) is 0 Å². The number of amides is 1. The maximum atomic E-state index is 12.7. The normalized spacial score (nSPS) is 15.0. The Morgan fingerprint density at radius 2 is 1.89 bits per heavy atom. The van der Waals surface area contributed by atoms with E-state index in [0.29, 0.717) is 23.2 Å². The first-order valence-electron chi connectivity index (χ1n) is 9.75. The van der Waals surface area contributed by atoms with Gasteiger partial charge in [-0.15, -0.1) is 0 Å². The largest absolute Gasteiger partial charge is 0.337 e. The van der Waals surface area contributed by atoms with Gasteiger partial charge < -0.3 is 9.42 Å². The Morgan fingerprint density at radius 3 is 2.54 bits per heavy atom. The van der Waals surface area contributed by atoms with Gasteiger partial charge in [-0.2, -0.15) is 4.98 Å². The molecule has 4 rings (SSSR count). The Labute approximate surface area is 163 Å². The molecule has 28 heavy (non-hydrogen) atoms. The molecule has 1 saturated heterocycles. The standard InChI is InChI=1S/C20H24N6O2/c1-14(2)18-23-19(28-24-18)15-7-8-17(21-11-15)26-12-16(22-13-26)20(27)25-9-5-3-4-6-10-25/h7-8,11-14H,3-6,9-10H2,1-2H3. The zero-order chi connectivity index (χ0) is 19.5. The molecule has 0 saturated carbocycles. The molecule has 3 aromatic rings. The number of imidazole rings is 1. The Morgan fingerprint density at radius 1 is 1.11 bits per heavy atom. The van der Waals surface area contributed by atoms with Crippen LogP contribution in [0.4, 0.5) is 0 Å². The number of pyridine rings is 1. The van der Waals surface area contributed by atoms with Crippen molar-refractivity contribution in [1.82, 2.24) is 29.6 Å². The minimum atomic E-state index is -0.00987. The highest BCUT2D eigenvalue weighted by Gasteiger charge is 2.20. The van der Waals surface area contributed by atoms with Crippen molar-refractivity contribution < 1.29 is 9.32 Å². The van der Waals surface area contributed by atoms with Gasteiger partial charge in [-0.1, -0.05) is 31.8 Å². The lowest BCUT2D eigenvalue weighted by Crippen LogP contribution is -2.32. The second-order valence-corrected chi connectivity index (χ2v) is 7.39. The molecule has 3 aromatic heterocycles. The third kappa shape index (κ3) is 3.81. The molecule has 0 bridgehead atoms. The average Bonchev–Trinajstić information content (AvgIpc) is 3.32. The molecule has 0 radical (unpaired) electrons. The summed E-state index contributed by atoms with van der Waals surface area (Å²) in [5, 5.41) is 3.98. The van der Waals surface area contributed by atoms with Crippen LogP contribution in [0.15, 0.2) is 35.4 Å². The Hall–Kier alpha value is -3.03. The first-order chi connectivity index (χ1) is 13.6. The molecule has 8 heteroatoms. The maximum absolute atomic E-state index is 12.7. The van der Waals surface area contributed by atoms with Crippen LogP contribution in [-0.2, 0) is 0 Å². The van der Waals surface area contributed by atoms with E-state index in [1.807, 2.05) is 30.9 Å². The van der Waals surface area contributed by atoms with Crippen LogP contribution in [0.3, 0.4) is 0 Å². The highest BCUT2D eigenvalue weighted by molar-refractivity contribution is 5.92. The van der Waals surface area contributed by atoms with Gasteiger partial charge in [-0.3, -0.25) is 9.36 Å². The van der Waals surface area contributed by atoms with E-state index in [4.69, 9.17) is 4.52 Å². The molecule has 0 atom stereocenters. The van der Waals surface area contributed by atoms with Gasteiger partial charge in [0.1, 0.15) is 17.8 Å². The van der Waals surface area contributed by atoms with Crippen molar-refractivity contribution in [2.75, 3.05) is 13.1 Å². The predicted molar refractivity (Wildman–Crippen MR) is 103 cm³/mol. The fourth-order valence-corrected chi connectivity index (χ4v) is 3.25. The van der Waals surface area contributed by atoms with E-state index in [1.165, 1.54) is 12.8 Å². The number of aromatic nitrogens is 5. The van der Waals surface area contributed by atoms with Gasteiger partial charge in [0.25, 0.3) is 11.8 Å². The van der Waals surface area contributed by atoms with Crippen molar-refractivity contribution in [3.05, 3.63) is 42.4 Å². The number of likely N-dealkylation sites (tertiary alicyclic amines) is 1. The van der Waals surface area contributed by atoms with Crippen molar-refractivity contribution in [2.45, 2.75) is 45.4 Å². The van der Waals surface area contributed by atoms with E-state index in [0.717, 1.165) is 31.5 Å². The second kappa shape index (κ2) is 7.92. The van der Waals surface area contributed by atoms with Crippen LogP contribution in [0, 0.1) is 0 Å². The zero-order valence-corrected chi connectivity index (χ0v) is 16.2. The summed E-state index contributed by atoms with van der Waals surface area (Å²) in [4.78, 5) is 27.7. The highest BCUT2D eigenvalue weighted by atomic mass is 16.5. The lowest BCUT2D eigenvalue weighted by molar-refractivity contribution is 0.0756. The lowest BCUT2D eigenvalue weighted by atomic mass is 10.2. The summed E-state index contributed by atoms with van der Waals surface area (Å²) in [5.41, 5.74) is 1.20. The molecule has 1 fully saturated rings. The van der Waals surface area contributed by atoms with Crippen LogP contribution in [0.5, 0.6) is 0 Å². The van der Waals surface area contributed by atoms with E-state index in [2.05, 4.69) is 20.1 Å². The number of carbonyl (C=O) groups excluding carboxylic acids is 1. The molecule has 1 aliphatic heterocycles. The summed E-state index contributed by atoms with van der Waals surface area (Å²) < 4.78 is 7.05. The first kappa shape index (κ1) is 18.3. The number of hydrogen-bond acceptors (Lipinski definition) is 6. The van der Waals surface area contributed by atoms with Gasteiger partial charge in [-0.05, 0) is 25.0 Å². The Kier molecular flexibility index (Phi) is 5.18. The quantitative estimate of drug-likeness (QED) is 0.688. The lowest BCUT2D eigenvalue weighted by Gasteiger charge is -2.18. The van der Waals surface area contributed by atoms with Gasteiger partial charge in [0.2, 0.25) is 0 Å². The van der Waals surface area contributed by atoms with Crippen LogP contribution in [-0.4, -0.2) is 48.6 Å². The molecule has 0 unspecified atom stereocenters. The van der Waals surface area contributed by atoms with Crippen molar-refractivity contribution >= 4 is 5.91 Å². The minimum Gasteiger partial charge on any atom is -0.337 e. The molecule has 0 spiro atoms. The number of carbonyl (C=O) groups is 1. The smallest absolute Gasteiger partial charge is 0.274 e. The summed E-state index contributed by atoms with van der Waals surface area (Å²) >= 11 is 0. The van der Waals surface area contributed by atoms with E-state index in [1.54, 1.807) is 23.3 Å². The molecule has 0 aliphatic carbocycles. The number of hydrogen-bond donors (Lipinski definition) is 0. The summed E-state index contributed by atoms with van der Waals surface area (Å²) in [7, 11) is 0. The fourth-order valence-electron chi connectivity index (χ4n) is 3.25. The predicted octanol–water partition coefficient (Wildman–Crippen LogP) is 3.46.